The van der Waals surface area contributed by atoms with Gasteiger partial charge in [0.1, 0.15) is 11.0 Å². The van der Waals surface area contributed by atoms with Crippen LogP contribution in [-0.2, 0) is 9.53 Å². The van der Waals surface area contributed by atoms with Crippen LogP contribution in [0, 0.1) is 11.3 Å². The normalized spacial score (nSPS) is 26.7. The maximum atomic E-state index is 12.4. The summed E-state index contributed by atoms with van der Waals surface area (Å²) in [5.74, 6) is 1.19. The monoisotopic (exact) mass is 350 g/mol. The van der Waals surface area contributed by atoms with Crippen LogP contribution in [0.2, 0.25) is 0 Å². The number of thiazole rings is 1. The molecular formula is C15H18N4O2S2. The van der Waals surface area contributed by atoms with Crippen molar-refractivity contribution < 1.29 is 9.53 Å². The van der Waals surface area contributed by atoms with Gasteiger partial charge in [0.25, 0.3) is 0 Å². The zero-order valence-electron chi connectivity index (χ0n) is 13.1. The molecule has 4 rings (SSSR count). The number of carbonyl (C=O) groups excluding carboxylic acids is 1. The molecule has 8 heteroatoms. The molecule has 0 bridgehead atoms. The van der Waals surface area contributed by atoms with Gasteiger partial charge in [-0.2, -0.15) is 0 Å². The third-order valence-corrected chi connectivity index (χ3v) is 7.12. The van der Waals surface area contributed by atoms with Gasteiger partial charge in [-0.3, -0.25) is 4.79 Å². The fourth-order valence-electron chi connectivity index (χ4n) is 4.02. The second-order valence-corrected chi connectivity index (χ2v) is 8.20. The molecule has 1 saturated heterocycles. The third-order valence-electron chi connectivity index (χ3n) is 5.09. The van der Waals surface area contributed by atoms with Crippen molar-refractivity contribution in [1.82, 2.24) is 15.0 Å². The molecule has 0 N–H and O–H groups in total. The fourth-order valence-corrected chi connectivity index (χ4v) is 5.55. The minimum absolute atomic E-state index is 0.0677. The Morgan fingerprint density at radius 2 is 2.39 bits per heavy atom. The molecule has 2 unspecified atom stereocenters. The highest BCUT2D eigenvalue weighted by Gasteiger charge is 2.55. The molecule has 1 aliphatic heterocycles. The van der Waals surface area contributed by atoms with E-state index >= 15 is 0 Å². The van der Waals surface area contributed by atoms with Crippen molar-refractivity contribution in [3.05, 3.63) is 6.33 Å². The van der Waals surface area contributed by atoms with Crippen molar-refractivity contribution in [2.45, 2.75) is 23.6 Å². The molecule has 23 heavy (non-hydrogen) atoms. The molecule has 2 atom stereocenters. The minimum atomic E-state index is -0.362. The molecule has 1 saturated carbocycles. The van der Waals surface area contributed by atoms with Crippen molar-refractivity contribution in [2.24, 2.45) is 11.3 Å². The molecule has 3 heterocycles. The zero-order valence-corrected chi connectivity index (χ0v) is 14.7. The van der Waals surface area contributed by atoms with E-state index in [4.69, 9.17) is 4.74 Å². The fraction of sp³-hybridized carbons (Fsp3) is 0.600. The highest BCUT2D eigenvalue weighted by molar-refractivity contribution is 8.00. The van der Waals surface area contributed by atoms with Crippen LogP contribution in [0.15, 0.2) is 10.7 Å². The summed E-state index contributed by atoms with van der Waals surface area (Å²) in [6.45, 7) is 1.54. The SMILES string of the molecule is COC(=O)C12CCCC1CN(c1ncnc3nc(SC)sc13)C2. The van der Waals surface area contributed by atoms with E-state index < -0.39 is 0 Å². The first-order valence-electron chi connectivity index (χ1n) is 7.67. The van der Waals surface area contributed by atoms with Gasteiger partial charge < -0.3 is 9.64 Å². The lowest BCUT2D eigenvalue weighted by Gasteiger charge is -2.25. The number of ether oxygens (including phenoxy) is 1. The van der Waals surface area contributed by atoms with Gasteiger partial charge in [0.2, 0.25) is 0 Å². The Bertz CT molecular complexity index is 765. The summed E-state index contributed by atoms with van der Waals surface area (Å²) >= 11 is 3.24. The topological polar surface area (TPSA) is 68.2 Å². The van der Waals surface area contributed by atoms with E-state index in [2.05, 4.69) is 19.9 Å². The van der Waals surface area contributed by atoms with E-state index in [1.807, 2.05) is 6.26 Å². The Balaban J connectivity index is 1.73. The molecule has 1 aliphatic carbocycles. The second kappa shape index (κ2) is 5.59. The summed E-state index contributed by atoms with van der Waals surface area (Å²) in [6, 6.07) is 0. The van der Waals surface area contributed by atoms with Crippen molar-refractivity contribution in [3.63, 3.8) is 0 Å². The number of anilines is 1. The summed E-state index contributed by atoms with van der Waals surface area (Å²) in [5, 5.41) is 0. The average molecular weight is 350 g/mol. The third kappa shape index (κ3) is 2.22. The van der Waals surface area contributed by atoms with Crippen LogP contribution in [-0.4, -0.2) is 47.4 Å². The number of esters is 1. The molecule has 2 fully saturated rings. The molecule has 0 amide bonds. The lowest BCUT2D eigenvalue weighted by molar-refractivity contribution is -0.152. The molecule has 6 nitrogen and oxygen atoms in total. The first-order valence-corrected chi connectivity index (χ1v) is 9.71. The predicted molar refractivity (Wildman–Crippen MR) is 91.0 cm³/mol. The van der Waals surface area contributed by atoms with Crippen LogP contribution in [0.3, 0.4) is 0 Å². The largest absolute Gasteiger partial charge is 0.469 e. The van der Waals surface area contributed by atoms with Crippen LogP contribution in [0.4, 0.5) is 5.82 Å². The molecule has 0 spiro atoms. The van der Waals surface area contributed by atoms with Crippen LogP contribution >= 0.6 is 23.1 Å². The Morgan fingerprint density at radius 3 is 3.17 bits per heavy atom. The van der Waals surface area contributed by atoms with Crippen molar-refractivity contribution in [1.29, 1.82) is 0 Å². The number of hydrogen-bond donors (Lipinski definition) is 0. The van der Waals surface area contributed by atoms with E-state index in [1.165, 1.54) is 7.11 Å². The van der Waals surface area contributed by atoms with Crippen LogP contribution in [0.25, 0.3) is 10.3 Å². The van der Waals surface area contributed by atoms with Gasteiger partial charge in [-0.25, -0.2) is 15.0 Å². The van der Waals surface area contributed by atoms with Gasteiger partial charge in [-0.15, -0.1) is 11.3 Å². The number of aromatic nitrogens is 3. The Labute approximate surface area is 142 Å². The Hall–Kier alpha value is -1.41. The van der Waals surface area contributed by atoms with Crippen LogP contribution in [0.1, 0.15) is 19.3 Å². The maximum Gasteiger partial charge on any atom is 0.313 e. The van der Waals surface area contributed by atoms with E-state index in [9.17, 15) is 4.79 Å². The zero-order chi connectivity index (χ0) is 16.0. The molecule has 2 aromatic heterocycles. The minimum Gasteiger partial charge on any atom is -0.469 e. The molecule has 122 valence electrons. The average Bonchev–Trinajstić information content (AvgIpc) is 3.24. The Kier molecular flexibility index (Phi) is 3.68. The van der Waals surface area contributed by atoms with Crippen molar-refractivity contribution in [2.75, 3.05) is 31.4 Å². The van der Waals surface area contributed by atoms with Gasteiger partial charge in [0, 0.05) is 13.1 Å². The standard InChI is InChI=1S/C15H18N4O2S2/c1-21-13(20)15-5-3-4-9(15)6-19(7-15)12-10-11(16-8-17-12)18-14(22-2)23-10/h8-9H,3-7H2,1-2H3. The highest BCUT2D eigenvalue weighted by Crippen LogP contribution is 2.51. The lowest BCUT2D eigenvalue weighted by atomic mass is 9.81. The number of fused-ring (bicyclic) bond motifs is 2. The van der Waals surface area contributed by atoms with Gasteiger partial charge >= 0.3 is 5.97 Å². The predicted octanol–water partition coefficient (Wildman–Crippen LogP) is 2.59. The number of rotatable bonds is 3. The van der Waals surface area contributed by atoms with Gasteiger partial charge in [0.15, 0.2) is 15.8 Å². The summed E-state index contributed by atoms with van der Waals surface area (Å²) in [6.07, 6.45) is 6.67. The second-order valence-electron chi connectivity index (χ2n) is 6.15. The van der Waals surface area contributed by atoms with Crippen LogP contribution in [0.5, 0.6) is 0 Å². The summed E-state index contributed by atoms with van der Waals surface area (Å²) in [4.78, 5) is 27.9. The number of hydrogen-bond acceptors (Lipinski definition) is 8. The molecular weight excluding hydrogens is 332 g/mol. The van der Waals surface area contributed by atoms with E-state index in [0.717, 1.165) is 46.3 Å². The number of thioether (sulfide) groups is 1. The summed E-state index contributed by atoms with van der Waals surface area (Å²) in [5.41, 5.74) is 0.382. The summed E-state index contributed by atoms with van der Waals surface area (Å²) < 4.78 is 7.12. The van der Waals surface area contributed by atoms with E-state index in [1.54, 1.807) is 29.4 Å². The number of methoxy groups -OCH3 is 1. The highest BCUT2D eigenvalue weighted by atomic mass is 32.2. The van der Waals surface area contributed by atoms with Gasteiger partial charge in [0.05, 0.1) is 12.5 Å². The smallest absolute Gasteiger partial charge is 0.313 e. The van der Waals surface area contributed by atoms with Crippen molar-refractivity contribution >= 4 is 45.2 Å². The molecule has 0 radical (unpaired) electrons. The maximum absolute atomic E-state index is 12.4. The van der Waals surface area contributed by atoms with Crippen LogP contribution < -0.4 is 4.90 Å². The molecule has 0 aromatic carbocycles. The van der Waals surface area contributed by atoms with Gasteiger partial charge in [-0.1, -0.05) is 18.2 Å². The summed E-state index contributed by atoms with van der Waals surface area (Å²) in [7, 11) is 1.49. The van der Waals surface area contributed by atoms with E-state index in [0.29, 0.717) is 12.5 Å². The first-order chi connectivity index (χ1) is 11.2. The number of carbonyl (C=O) groups is 1. The first kappa shape index (κ1) is 15.1. The number of nitrogens with zero attached hydrogens (tertiary/aromatic N) is 4. The Morgan fingerprint density at radius 1 is 1.52 bits per heavy atom. The van der Waals surface area contributed by atoms with Gasteiger partial charge in [-0.05, 0) is 25.0 Å². The van der Waals surface area contributed by atoms with Crippen molar-refractivity contribution in [3.8, 4) is 0 Å². The van der Waals surface area contributed by atoms with E-state index in [-0.39, 0.29) is 11.4 Å². The lowest BCUT2D eigenvalue weighted by Crippen LogP contribution is -2.37. The molecule has 2 aromatic rings. The molecule has 2 aliphatic rings. The quantitative estimate of drug-likeness (QED) is 0.622.